The van der Waals surface area contributed by atoms with Gasteiger partial charge < -0.3 is 14.6 Å². The van der Waals surface area contributed by atoms with E-state index in [4.69, 9.17) is 0 Å². The molecule has 4 heterocycles. The summed E-state index contributed by atoms with van der Waals surface area (Å²) in [6, 6.07) is 24.7. The highest BCUT2D eigenvalue weighted by Crippen LogP contribution is 2.47. The molecule has 0 saturated carbocycles. The molecule has 4 heteroatoms. The zero-order valence-electron chi connectivity index (χ0n) is 15.1. The third-order valence-corrected chi connectivity index (χ3v) is 6.64. The molecular formula is C23H18BN3. The van der Waals surface area contributed by atoms with E-state index in [0.29, 0.717) is 6.17 Å². The summed E-state index contributed by atoms with van der Waals surface area (Å²) < 4.78 is 0. The van der Waals surface area contributed by atoms with E-state index in [-0.39, 0.29) is 6.85 Å². The number of fused-ring (bicyclic) bond motifs is 8. The maximum atomic E-state index is 2.56. The maximum Gasteiger partial charge on any atom is 0.332 e. The van der Waals surface area contributed by atoms with Gasteiger partial charge in [-0.15, -0.1) is 0 Å². The third-order valence-electron chi connectivity index (χ3n) is 6.64. The Balaban J connectivity index is 1.62. The molecule has 3 nitrogen and oxygen atoms in total. The minimum atomic E-state index is 0.235. The summed E-state index contributed by atoms with van der Waals surface area (Å²) in [4.78, 5) is 7.50. The summed E-state index contributed by atoms with van der Waals surface area (Å²) in [6.45, 7) is 0.235. The lowest BCUT2D eigenvalue weighted by molar-refractivity contribution is 0.368. The van der Waals surface area contributed by atoms with Gasteiger partial charge in [0.15, 0.2) is 0 Å². The molecular weight excluding hydrogens is 329 g/mol. The smallest absolute Gasteiger partial charge is 0.332 e. The monoisotopic (exact) mass is 347 g/mol. The van der Waals surface area contributed by atoms with E-state index >= 15 is 0 Å². The SMILES string of the molecule is CN1C=C2N3B(c4ccccc4-c4ccccc43)c3cccc4c3N2C1C4. The fourth-order valence-electron chi connectivity index (χ4n) is 5.56. The molecule has 0 amide bonds. The number of nitrogens with zero attached hydrogens (tertiary/aromatic N) is 3. The molecule has 0 bridgehead atoms. The summed E-state index contributed by atoms with van der Waals surface area (Å²) >= 11 is 0. The lowest BCUT2D eigenvalue weighted by atomic mass is 9.44. The van der Waals surface area contributed by atoms with Crippen molar-refractivity contribution in [3.8, 4) is 11.1 Å². The number of rotatable bonds is 0. The van der Waals surface area contributed by atoms with E-state index in [1.165, 1.54) is 44.8 Å². The first-order valence-corrected chi connectivity index (χ1v) is 9.65. The molecule has 27 heavy (non-hydrogen) atoms. The Morgan fingerprint density at radius 2 is 1.63 bits per heavy atom. The van der Waals surface area contributed by atoms with Gasteiger partial charge in [-0.3, -0.25) is 0 Å². The highest BCUT2D eigenvalue weighted by atomic mass is 15.5. The summed E-state index contributed by atoms with van der Waals surface area (Å²) in [7, 11) is 2.21. The summed E-state index contributed by atoms with van der Waals surface area (Å²) in [5, 5.41) is 0. The van der Waals surface area contributed by atoms with Crippen molar-refractivity contribution in [2.24, 2.45) is 0 Å². The predicted octanol–water partition coefficient (Wildman–Crippen LogP) is 2.73. The Hall–Kier alpha value is -3.14. The zero-order chi connectivity index (χ0) is 17.7. The van der Waals surface area contributed by atoms with E-state index in [9.17, 15) is 0 Å². The van der Waals surface area contributed by atoms with Gasteiger partial charge in [0.25, 0.3) is 0 Å². The van der Waals surface area contributed by atoms with Crippen molar-refractivity contribution in [1.82, 2.24) is 4.90 Å². The Kier molecular flexibility index (Phi) is 2.37. The molecule has 1 atom stereocenters. The van der Waals surface area contributed by atoms with Crippen molar-refractivity contribution in [1.29, 1.82) is 0 Å². The quantitative estimate of drug-likeness (QED) is 0.579. The van der Waals surface area contributed by atoms with Crippen molar-refractivity contribution in [2.45, 2.75) is 12.6 Å². The fraction of sp³-hybridized carbons (Fsp3) is 0.130. The first-order valence-electron chi connectivity index (χ1n) is 9.65. The molecule has 4 aliphatic heterocycles. The van der Waals surface area contributed by atoms with Gasteiger partial charge in [0.2, 0.25) is 0 Å². The van der Waals surface area contributed by atoms with Gasteiger partial charge in [0.1, 0.15) is 12.0 Å². The van der Waals surface area contributed by atoms with Crippen LogP contribution in [0.3, 0.4) is 0 Å². The van der Waals surface area contributed by atoms with Gasteiger partial charge >= 0.3 is 6.85 Å². The standard InChI is InChI=1S/C23H18BN3/c1-25-14-22-26-21(25)13-15-7-6-11-19(23(15)26)24-18-10-4-2-8-16(18)17-9-3-5-12-20(17)27(22)24/h2-12,14,21H,13H2,1H3. The molecule has 0 spiro atoms. The highest BCUT2D eigenvalue weighted by Gasteiger charge is 2.51. The second-order valence-corrected chi connectivity index (χ2v) is 7.94. The summed E-state index contributed by atoms with van der Waals surface area (Å²) in [5.74, 6) is 1.31. The van der Waals surface area contributed by atoms with Crippen LogP contribution in [0.25, 0.3) is 11.1 Å². The molecule has 3 aromatic carbocycles. The lowest BCUT2D eigenvalue weighted by Crippen LogP contribution is -2.64. The number of hydrogen-bond acceptors (Lipinski definition) is 3. The minimum absolute atomic E-state index is 0.235. The topological polar surface area (TPSA) is 9.72 Å². The van der Waals surface area contributed by atoms with Gasteiger partial charge in [-0.05, 0) is 28.1 Å². The summed E-state index contributed by atoms with van der Waals surface area (Å²) in [5.41, 5.74) is 9.76. The van der Waals surface area contributed by atoms with Crippen LogP contribution in [-0.4, -0.2) is 25.0 Å². The van der Waals surface area contributed by atoms with Crippen LogP contribution in [0.4, 0.5) is 11.4 Å². The van der Waals surface area contributed by atoms with E-state index < -0.39 is 0 Å². The van der Waals surface area contributed by atoms with Crippen molar-refractivity contribution in [2.75, 3.05) is 16.8 Å². The van der Waals surface area contributed by atoms with Crippen molar-refractivity contribution >= 4 is 29.1 Å². The predicted molar refractivity (Wildman–Crippen MR) is 112 cm³/mol. The first-order chi connectivity index (χ1) is 13.3. The van der Waals surface area contributed by atoms with E-state index in [2.05, 4.69) is 94.6 Å². The third kappa shape index (κ3) is 1.52. The van der Waals surface area contributed by atoms with Gasteiger partial charge in [-0.1, -0.05) is 60.7 Å². The van der Waals surface area contributed by atoms with Crippen LogP contribution in [-0.2, 0) is 6.42 Å². The Morgan fingerprint density at radius 3 is 2.56 bits per heavy atom. The average molecular weight is 347 g/mol. The molecule has 128 valence electrons. The summed E-state index contributed by atoms with van der Waals surface area (Å²) in [6.07, 6.45) is 3.83. The lowest BCUT2D eigenvalue weighted by Gasteiger charge is -2.46. The Morgan fingerprint density at radius 1 is 0.852 bits per heavy atom. The fourth-order valence-corrected chi connectivity index (χ4v) is 5.56. The molecule has 0 aromatic heterocycles. The van der Waals surface area contributed by atoms with Crippen molar-refractivity contribution in [3.63, 3.8) is 0 Å². The van der Waals surface area contributed by atoms with Crippen LogP contribution in [0.2, 0.25) is 0 Å². The normalized spacial score (nSPS) is 20.2. The van der Waals surface area contributed by atoms with Gasteiger partial charge in [-0.25, -0.2) is 0 Å². The van der Waals surface area contributed by atoms with Crippen LogP contribution < -0.4 is 20.6 Å². The number of para-hydroxylation sites is 2. The van der Waals surface area contributed by atoms with Gasteiger partial charge in [0.05, 0.1) is 0 Å². The number of hydrogen-bond donors (Lipinski definition) is 0. The Labute approximate surface area is 159 Å². The second-order valence-electron chi connectivity index (χ2n) is 7.94. The van der Waals surface area contributed by atoms with E-state index in [1.54, 1.807) is 0 Å². The second kappa shape index (κ2) is 4.58. The van der Waals surface area contributed by atoms with Crippen LogP contribution in [0.1, 0.15) is 5.56 Å². The molecule has 7 rings (SSSR count). The van der Waals surface area contributed by atoms with E-state index in [0.717, 1.165) is 6.42 Å². The van der Waals surface area contributed by atoms with Gasteiger partial charge in [0, 0.05) is 36.6 Å². The van der Waals surface area contributed by atoms with Crippen molar-refractivity contribution < 1.29 is 0 Å². The number of benzene rings is 3. The molecule has 0 aliphatic carbocycles. The first kappa shape index (κ1) is 14.0. The highest BCUT2D eigenvalue weighted by molar-refractivity contribution is 6.92. The number of anilines is 2. The molecule has 4 aliphatic rings. The molecule has 1 unspecified atom stereocenters. The zero-order valence-corrected chi connectivity index (χ0v) is 15.1. The van der Waals surface area contributed by atoms with Crippen LogP contribution in [0.5, 0.6) is 0 Å². The molecule has 0 radical (unpaired) electrons. The molecule has 3 aromatic rings. The maximum absolute atomic E-state index is 2.56. The minimum Gasteiger partial charge on any atom is -0.361 e. The number of likely N-dealkylation sites (N-methyl/N-ethyl adjacent to an activating group) is 1. The van der Waals surface area contributed by atoms with Crippen molar-refractivity contribution in [3.05, 3.63) is 84.3 Å². The van der Waals surface area contributed by atoms with E-state index in [1.807, 2.05) is 0 Å². The average Bonchev–Trinajstić information content (AvgIpc) is 3.25. The van der Waals surface area contributed by atoms with Crippen LogP contribution in [0, 0.1) is 0 Å². The van der Waals surface area contributed by atoms with Crippen LogP contribution in [0.15, 0.2) is 78.8 Å². The molecule has 0 N–H and O–H groups in total. The molecule has 0 saturated heterocycles. The van der Waals surface area contributed by atoms with Gasteiger partial charge in [-0.2, -0.15) is 0 Å². The Bertz CT molecular complexity index is 1170. The molecule has 0 fully saturated rings. The van der Waals surface area contributed by atoms with Crippen LogP contribution >= 0.6 is 0 Å². The largest absolute Gasteiger partial charge is 0.361 e.